The van der Waals surface area contributed by atoms with E-state index in [1.54, 1.807) is 0 Å². The number of aliphatic hydroxyl groups is 1. The Kier molecular flexibility index (Phi) is 8.67. The molecule has 1 amide bonds. The molecule has 0 aromatic heterocycles. The summed E-state index contributed by atoms with van der Waals surface area (Å²) in [6.07, 6.45) is 0. The highest BCUT2D eigenvalue weighted by Gasteiger charge is 2.46. The summed E-state index contributed by atoms with van der Waals surface area (Å²) in [6.45, 7) is 9.81. The number of benzene rings is 2. The Labute approximate surface area is 224 Å². The Balaban J connectivity index is 1.71. The number of Topliss-reactive ketones (excluding diaryl/α,β-unsaturated/α-hetero) is 1. The molecule has 1 atom stereocenters. The quantitative estimate of drug-likeness (QED) is 0.296. The summed E-state index contributed by atoms with van der Waals surface area (Å²) in [5.41, 5.74) is 2.03. The number of likely N-dealkylation sites (tertiary alicyclic amines) is 1. The first kappa shape index (κ1) is 28.0. The first-order chi connectivity index (χ1) is 18.2. The van der Waals surface area contributed by atoms with Crippen LogP contribution in [-0.4, -0.2) is 91.8 Å². The fourth-order valence-electron chi connectivity index (χ4n) is 4.87. The van der Waals surface area contributed by atoms with Crippen LogP contribution in [0.25, 0.3) is 5.76 Å². The molecule has 2 aliphatic rings. The van der Waals surface area contributed by atoms with Crippen LogP contribution in [0.1, 0.15) is 36.6 Å². The van der Waals surface area contributed by atoms with Crippen molar-refractivity contribution in [2.24, 2.45) is 0 Å². The van der Waals surface area contributed by atoms with Crippen molar-refractivity contribution in [3.8, 4) is 0 Å². The molecule has 2 saturated heterocycles. The van der Waals surface area contributed by atoms with Crippen molar-refractivity contribution in [3.05, 3.63) is 70.8 Å². The molecule has 0 radical (unpaired) electrons. The summed E-state index contributed by atoms with van der Waals surface area (Å²) in [4.78, 5) is 30.2. The van der Waals surface area contributed by atoms with Crippen molar-refractivity contribution in [1.82, 2.24) is 14.1 Å². The number of morpholine rings is 1. The number of carbonyl (C=O) groups is 2. The molecule has 9 nitrogen and oxygen atoms in total. The smallest absolute Gasteiger partial charge is 0.295 e. The number of likely N-dealkylation sites (N-methyl/N-ethyl adjacent to an activating group) is 1. The largest absolute Gasteiger partial charge is 0.507 e. The van der Waals surface area contributed by atoms with Crippen LogP contribution >= 0.6 is 0 Å². The number of amides is 1. The minimum absolute atomic E-state index is 0.00202. The lowest BCUT2D eigenvalue weighted by Crippen LogP contribution is -2.40. The molecule has 0 unspecified atom stereocenters. The third-order valence-electron chi connectivity index (χ3n) is 7.22. The Bertz CT molecular complexity index is 1300. The van der Waals surface area contributed by atoms with Crippen molar-refractivity contribution in [3.63, 3.8) is 0 Å². The second-order valence-corrected chi connectivity index (χ2v) is 11.4. The summed E-state index contributed by atoms with van der Waals surface area (Å²) in [6, 6.07) is 12.6. The third-order valence-corrected chi connectivity index (χ3v) is 9.13. The minimum Gasteiger partial charge on any atom is -0.507 e. The van der Waals surface area contributed by atoms with Crippen molar-refractivity contribution < 1.29 is 27.9 Å². The van der Waals surface area contributed by atoms with Gasteiger partial charge in [0.2, 0.25) is 10.0 Å². The van der Waals surface area contributed by atoms with Gasteiger partial charge in [-0.1, -0.05) is 43.7 Å². The van der Waals surface area contributed by atoms with Crippen LogP contribution in [0.3, 0.4) is 0 Å². The van der Waals surface area contributed by atoms with Crippen LogP contribution < -0.4 is 0 Å². The number of ketones is 1. The Morgan fingerprint density at radius 3 is 2.18 bits per heavy atom. The van der Waals surface area contributed by atoms with E-state index in [4.69, 9.17) is 4.74 Å². The molecule has 0 aliphatic carbocycles. The average molecular weight is 542 g/mol. The Morgan fingerprint density at radius 2 is 1.61 bits per heavy atom. The lowest BCUT2D eigenvalue weighted by molar-refractivity contribution is -0.140. The van der Waals surface area contributed by atoms with E-state index in [1.807, 2.05) is 45.0 Å². The summed E-state index contributed by atoms with van der Waals surface area (Å²) >= 11 is 0. The van der Waals surface area contributed by atoms with Crippen LogP contribution in [-0.2, 0) is 24.3 Å². The van der Waals surface area contributed by atoms with Gasteiger partial charge in [0.05, 0.1) is 29.7 Å². The van der Waals surface area contributed by atoms with E-state index in [0.29, 0.717) is 26.3 Å². The number of hydrogen-bond acceptors (Lipinski definition) is 7. The number of ether oxygens (including phenoxy) is 1. The van der Waals surface area contributed by atoms with E-state index in [0.717, 1.165) is 24.2 Å². The van der Waals surface area contributed by atoms with Gasteiger partial charge in [0.1, 0.15) is 5.76 Å². The topological polar surface area (TPSA) is 107 Å². The van der Waals surface area contributed by atoms with Crippen LogP contribution in [0.15, 0.2) is 59.0 Å². The van der Waals surface area contributed by atoms with E-state index in [2.05, 4.69) is 4.90 Å². The highest BCUT2D eigenvalue weighted by molar-refractivity contribution is 7.89. The Hall–Kier alpha value is -3.05. The molecule has 2 aliphatic heterocycles. The van der Waals surface area contributed by atoms with Gasteiger partial charge in [-0.2, -0.15) is 4.31 Å². The standard InChI is InChI=1S/C28H35N3O6S/c1-4-29(5-2)14-15-31-25(21-8-6-20(3)7-9-21)24(27(33)28(31)34)26(32)22-10-12-23(13-11-22)38(35,36)30-16-18-37-19-17-30/h6-13,25,32H,4-5,14-19H2,1-3H3/t25-/m0/s1. The zero-order valence-electron chi connectivity index (χ0n) is 22.1. The number of rotatable bonds is 9. The van der Waals surface area contributed by atoms with Gasteiger partial charge in [-0.15, -0.1) is 0 Å². The van der Waals surface area contributed by atoms with Crippen molar-refractivity contribution in [2.75, 3.05) is 52.5 Å². The maximum Gasteiger partial charge on any atom is 0.295 e. The van der Waals surface area contributed by atoms with Crippen LogP contribution in [0.5, 0.6) is 0 Å². The monoisotopic (exact) mass is 541 g/mol. The normalized spacial score (nSPS) is 20.4. The van der Waals surface area contributed by atoms with E-state index < -0.39 is 27.8 Å². The molecule has 0 bridgehead atoms. The minimum atomic E-state index is -3.71. The second kappa shape index (κ2) is 11.8. The number of aliphatic hydroxyl groups excluding tert-OH is 1. The number of hydrogen-bond donors (Lipinski definition) is 1. The van der Waals surface area contributed by atoms with E-state index >= 15 is 0 Å². The van der Waals surface area contributed by atoms with Gasteiger partial charge in [-0.3, -0.25) is 9.59 Å². The van der Waals surface area contributed by atoms with Gasteiger partial charge in [0.15, 0.2) is 0 Å². The molecule has 1 N–H and O–H groups in total. The molecule has 0 saturated carbocycles. The lowest BCUT2D eigenvalue weighted by atomic mass is 9.95. The van der Waals surface area contributed by atoms with Gasteiger partial charge in [-0.05, 0) is 49.8 Å². The van der Waals surface area contributed by atoms with Gasteiger partial charge in [-0.25, -0.2) is 8.42 Å². The molecule has 2 heterocycles. The summed E-state index contributed by atoms with van der Waals surface area (Å²) in [5, 5.41) is 11.3. The van der Waals surface area contributed by atoms with E-state index in [-0.39, 0.29) is 34.9 Å². The lowest BCUT2D eigenvalue weighted by Gasteiger charge is -2.28. The number of carbonyl (C=O) groups excluding carboxylic acids is 2. The fraction of sp³-hybridized carbons (Fsp3) is 0.429. The van der Waals surface area contributed by atoms with Crippen molar-refractivity contribution in [1.29, 1.82) is 0 Å². The number of aryl methyl sites for hydroxylation is 1. The summed E-state index contributed by atoms with van der Waals surface area (Å²) < 4.78 is 32.6. The van der Waals surface area contributed by atoms with E-state index in [1.165, 1.54) is 33.5 Å². The van der Waals surface area contributed by atoms with Crippen molar-refractivity contribution >= 4 is 27.5 Å². The average Bonchev–Trinajstić information content (AvgIpc) is 3.19. The molecule has 2 aromatic rings. The first-order valence-corrected chi connectivity index (χ1v) is 14.4. The van der Waals surface area contributed by atoms with Crippen LogP contribution in [0, 0.1) is 6.92 Å². The molecular weight excluding hydrogens is 506 g/mol. The number of nitrogens with zero attached hydrogens (tertiary/aromatic N) is 3. The predicted octanol–water partition coefficient (Wildman–Crippen LogP) is 2.78. The first-order valence-electron chi connectivity index (χ1n) is 12.9. The van der Waals surface area contributed by atoms with Gasteiger partial charge in [0, 0.05) is 31.7 Å². The van der Waals surface area contributed by atoms with Crippen LogP contribution in [0.4, 0.5) is 0 Å². The second-order valence-electron chi connectivity index (χ2n) is 9.47. The Morgan fingerprint density at radius 1 is 1.00 bits per heavy atom. The molecule has 4 rings (SSSR count). The zero-order valence-corrected chi connectivity index (χ0v) is 22.9. The third kappa shape index (κ3) is 5.54. The van der Waals surface area contributed by atoms with Crippen LogP contribution in [0.2, 0.25) is 0 Å². The predicted molar refractivity (Wildman–Crippen MR) is 144 cm³/mol. The van der Waals surface area contributed by atoms with E-state index in [9.17, 15) is 23.1 Å². The van der Waals surface area contributed by atoms with Crippen molar-refractivity contribution in [2.45, 2.75) is 31.7 Å². The highest BCUT2D eigenvalue weighted by Crippen LogP contribution is 2.39. The molecule has 38 heavy (non-hydrogen) atoms. The molecular formula is C28H35N3O6S. The fourth-order valence-corrected chi connectivity index (χ4v) is 6.28. The maximum atomic E-state index is 13.3. The number of sulfonamides is 1. The molecule has 204 valence electrons. The summed E-state index contributed by atoms with van der Waals surface area (Å²) in [5.74, 6) is -1.73. The molecule has 2 fully saturated rings. The zero-order chi connectivity index (χ0) is 27.4. The van der Waals surface area contributed by atoms with Gasteiger partial charge in [0.25, 0.3) is 11.7 Å². The van der Waals surface area contributed by atoms with Gasteiger partial charge >= 0.3 is 0 Å². The van der Waals surface area contributed by atoms with Gasteiger partial charge < -0.3 is 19.6 Å². The maximum absolute atomic E-state index is 13.3. The summed E-state index contributed by atoms with van der Waals surface area (Å²) in [7, 11) is -3.71. The highest BCUT2D eigenvalue weighted by atomic mass is 32.2. The molecule has 2 aromatic carbocycles. The molecule has 10 heteroatoms. The SMILES string of the molecule is CCN(CC)CCN1C(=O)C(=O)C(=C(O)c2ccc(S(=O)(=O)N3CCOCC3)cc2)[C@@H]1c1ccc(C)cc1. The molecule has 0 spiro atoms.